The first-order valence-electron chi connectivity index (χ1n) is 4.91. The minimum atomic E-state index is -0.340. The monoisotopic (exact) mass is 216 g/mol. The molecule has 3 heteroatoms. The Balaban J connectivity index is 2.63. The molecule has 0 amide bonds. The quantitative estimate of drug-likeness (QED) is 0.724. The van der Waals surface area contributed by atoms with Crippen molar-refractivity contribution in [1.29, 1.82) is 0 Å². The lowest BCUT2D eigenvalue weighted by molar-refractivity contribution is 0.0601. The molecule has 0 spiro atoms. The Bertz CT molecular complexity index is 532. The van der Waals surface area contributed by atoms with Crippen LogP contribution < -0.4 is 4.74 Å². The first kappa shape index (κ1) is 10.5. The Morgan fingerprint density at radius 2 is 1.94 bits per heavy atom. The standard InChI is InChI=1S/C13H12O3/c1-15-12-5-3-4-9-6-7-10(8-11(9)12)13(14)16-2/h3-8H,1-2H3. The van der Waals surface area contributed by atoms with Crippen LogP contribution in [0.5, 0.6) is 5.75 Å². The smallest absolute Gasteiger partial charge is 0.337 e. The molecule has 82 valence electrons. The van der Waals surface area contributed by atoms with Gasteiger partial charge in [-0.05, 0) is 23.6 Å². The van der Waals surface area contributed by atoms with Gasteiger partial charge in [0.2, 0.25) is 0 Å². The van der Waals surface area contributed by atoms with Gasteiger partial charge in [-0.2, -0.15) is 0 Å². The van der Waals surface area contributed by atoms with E-state index in [2.05, 4.69) is 4.74 Å². The van der Waals surface area contributed by atoms with E-state index in [-0.39, 0.29) is 5.97 Å². The Labute approximate surface area is 93.6 Å². The number of fused-ring (bicyclic) bond motifs is 1. The van der Waals surface area contributed by atoms with E-state index in [9.17, 15) is 4.79 Å². The molecule has 2 rings (SSSR count). The molecule has 2 aromatic rings. The summed E-state index contributed by atoms with van der Waals surface area (Å²) in [4.78, 5) is 11.4. The Morgan fingerprint density at radius 3 is 2.62 bits per heavy atom. The molecule has 0 saturated carbocycles. The fourth-order valence-electron chi connectivity index (χ4n) is 1.67. The van der Waals surface area contributed by atoms with Crippen molar-refractivity contribution in [2.24, 2.45) is 0 Å². The maximum absolute atomic E-state index is 11.4. The zero-order valence-corrected chi connectivity index (χ0v) is 9.19. The Kier molecular flexibility index (Phi) is 2.77. The van der Waals surface area contributed by atoms with Crippen molar-refractivity contribution in [3.63, 3.8) is 0 Å². The maximum atomic E-state index is 11.4. The molecule has 16 heavy (non-hydrogen) atoms. The molecule has 0 N–H and O–H groups in total. The molecule has 0 unspecified atom stereocenters. The van der Waals surface area contributed by atoms with Gasteiger partial charge in [0, 0.05) is 5.39 Å². The summed E-state index contributed by atoms with van der Waals surface area (Å²) in [6.45, 7) is 0. The van der Waals surface area contributed by atoms with Crippen molar-refractivity contribution in [2.45, 2.75) is 0 Å². The van der Waals surface area contributed by atoms with E-state index in [1.807, 2.05) is 24.3 Å². The van der Waals surface area contributed by atoms with Crippen LogP contribution in [0.25, 0.3) is 10.8 Å². The van der Waals surface area contributed by atoms with Crippen molar-refractivity contribution >= 4 is 16.7 Å². The molecule has 0 aliphatic carbocycles. The molecule has 0 atom stereocenters. The number of esters is 1. The molecule has 0 aromatic heterocycles. The lowest BCUT2D eigenvalue weighted by atomic mass is 10.1. The van der Waals surface area contributed by atoms with Crippen LogP contribution in [0.1, 0.15) is 10.4 Å². The van der Waals surface area contributed by atoms with E-state index >= 15 is 0 Å². The zero-order valence-electron chi connectivity index (χ0n) is 9.19. The van der Waals surface area contributed by atoms with E-state index in [1.54, 1.807) is 19.2 Å². The average Bonchev–Trinajstić information content (AvgIpc) is 2.36. The topological polar surface area (TPSA) is 35.5 Å². The van der Waals surface area contributed by atoms with Gasteiger partial charge in [0.25, 0.3) is 0 Å². The first-order valence-corrected chi connectivity index (χ1v) is 4.91. The SMILES string of the molecule is COC(=O)c1ccc2cccc(OC)c2c1. The summed E-state index contributed by atoms with van der Waals surface area (Å²) in [5, 5.41) is 1.94. The van der Waals surface area contributed by atoms with Gasteiger partial charge in [-0.25, -0.2) is 4.79 Å². The molecule has 0 heterocycles. The predicted octanol–water partition coefficient (Wildman–Crippen LogP) is 2.64. The van der Waals surface area contributed by atoms with Gasteiger partial charge < -0.3 is 9.47 Å². The number of ether oxygens (including phenoxy) is 2. The van der Waals surface area contributed by atoms with E-state index in [0.717, 1.165) is 16.5 Å². The highest BCUT2D eigenvalue weighted by atomic mass is 16.5. The van der Waals surface area contributed by atoms with Crippen molar-refractivity contribution in [1.82, 2.24) is 0 Å². The number of carbonyl (C=O) groups excluding carboxylic acids is 1. The van der Waals surface area contributed by atoms with E-state index in [1.165, 1.54) is 7.11 Å². The van der Waals surface area contributed by atoms with Gasteiger partial charge in [-0.1, -0.05) is 18.2 Å². The van der Waals surface area contributed by atoms with Gasteiger partial charge in [-0.15, -0.1) is 0 Å². The molecular formula is C13H12O3. The van der Waals surface area contributed by atoms with E-state index in [4.69, 9.17) is 4.74 Å². The summed E-state index contributed by atoms with van der Waals surface area (Å²) in [5.74, 6) is 0.413. The third kappa shape index (κ3) is 1.72. The zero-order chi connectivity index (χ0) is 11.5. The van der Waals surface area contributed by atoms with Crippen LogP contribution in [0.4, 0.5) is 0 Å². The number of benzene rings is 2. The number of hydrogen-bond donors (Lipinski definition) is 0. The number of hydrogen-bond acceptors (Lipinski definition) is 3. The van der Waals surface area contributed by atoms with Crippen LogP contribution in [-0.2, 0) is 4.74 Å². The first-order chi connectivity index (χ1) is 7.76. The van der Waals surface area contributed by atoms with Crippen molar-refractivity contribution < 1.29 is 14.3 Å². The molecule has 0 fully saturated rings. The number of carbonyl (C=O) groups is 1. The summed E-state index contributed by atoms with van der Waals surface area (Å²) in [6, 6.07) is 11.2. The summed E-state index contributed by atoms with van der Waals surface area (Å²) >= 11 is 0. The second-order valence-electron chi connectivity index (χ2n) is 3.39. The fraction of sp³-hybridized carbons (Fsp3) is 0.154. The molecule has 0 saturated heterocycles. The van der Waals surface area contributed by atoms with Gasteiger partial charge in [0.1, 0.15) is 5.75 Å². The van der Waals surface area contributed by atoms with E-state index in [0.29, 0.717) is 5.56 Å². The number of rotatable bonds is 2. The van der Waals surface area contributed by atoms with Gasteiger partial charge in [0.15, 0.2) is 0 Å². The predicted molar refractivity (Wildman–Crippen MR) is 61.8 cm³/mol. The lowest BCUT2D eigenvalue weighted by Crippen LogP contribution is -2.00. The van der Waals surface area contributed by atoms with Crippen LogP contribution in [0.15, 0.2) is 36.4 Å². The Morgan fingerprint density at radius 1 is 1.12 bits per heavy atom. The van der Waals surface area contributed by atoms with E-state index < -0.39 is 0 Å². The maximum Gasteiger partial charge on any atom is 0.337 e. The van der Waals surface area contributed by atoms with Crippen LogP contribution in [0.2, 0.25) is 0 Å². The van der Waals surface area contributed by atoms with Crippen LogP contribution in [0.3, 0.4) is 0 Å². The van der Waals surface area contributed by atoms with Gasteiger partial charge in [0.05, 0.1) is 19.8 Å². The van der Waals surface area contributed by atoms with Crippen molar-refractivity contribution in [3.05, 3.63) is 42.0 Å². The molecule has 0 bridgehead atoms. The van der Waals surface area contributed by atoms with Crippen LogP contribution in [0, 0.1) is 0 Å². The molecule has 3 nitrogen and oxygen atoms in total. The summed E-state index contributed by atoms with van der Waals surface area (Å²) in [7, 11) is 2.98. The van der Waals surface area contributed by atoms with Crippen molar-refractivity contribution in [2.75, 3.05) is 14.2 Å². The van der Waals surface area contributed by atoms with Crippen molar-refractivity contribution in [3.8, 4) is 5.75 Å². The molecule has 0 radical (unpaired) electrons. The molecular weight excluding hydrogens is 204 g/mol. The minimum absolute atomic E-state index is 0.340. The molecule has 2 aromatic carbocycles. The highest BCUT2D eigenvalue weighted by Gasteiger charge is 2.07. The highest BCUT2D eigenvalue weighted by Crippen LogP contribution is 2.26. The highest BCUT2D eigenvalue weighted by molar-refractivity contribution is 5.97. The van der Waals surface area contributed by atoms with Crippen LogP contribution in [-0.4, -0.2) is 20.2 Å². The second-order valence-corrected chi connectivity index (χ2v) is 3.39. The third-order valence-electron chi connectivity index (χ3n) is 2.48. The normalized spacial score (nSPS) is 10.1. The van der Waals surface area contributed by atoms with Gasteiger partial charge in [-0.3, -0.25) is 0 Å². The third-order valence-corrected chi connectivity index (χ3v) is 2.48. The number of methoxy groups -OCH3 is 2. The largest absolute Gasteiger partial charge is 0.496 e. The fourth-order valence-corrected chi connectivity index (χ4v) is 1.67. The minimum Gasteiger partial charge on any atom is -0.496 e. The average molecular weight is 216 g/mol. The summed E-state index contributed by atoms with van der Waals surface area (Å²) in [6.07, 6.45) is 0. The second kappa shape index (κ2) is 4.23. The van der Waals surface area contributed by atoms with Crippen LogP contribution >= 0.6 is 0 Å². The molecule has 0 aliphatic rings. The van der Waals surface area contributed by atoms with Gasteiger partial charge >= 0.3 is 5.97 Å². The summed E-state index contributed by atoms with van der Waals surface area (Å²) in [5.41, 5.74) is 0.527. The Hall–Kier alpha value is -2.03. The lowest BCUT2D eigenvalue weighted by Gasteiger charge is -2.06. The summed E-state index contributed by atoms with van der Waals surface area (Å²) < 4.78 is 9.92. The molecule has 0 aliphatic heterocycles.